The molecule has 1 heterocycles. The molecule has 2 rings (SSSR count). The van der Waals surface area contributed by atoms with Crippen LogP contribution in [0.1, 0.15) is 5.82 Å². The van der Waals surface area contributed by atoms with Gasteiger partial charge in [0.1, 0.15) is 23.2 Å². The highest BCUT2D eigenvalue weighted by Crippen LogP contribution is 2.28. The number of aromatic nitrogens is 2. The predicted octanol–water partition coefficient (Wildman–Crippen LogP) is 2.42. The number of nitrogen functional groups attached to an aromatic ring is 1. The van der Waals surface area contributed by atoms with Crippen molar-refractivity contribution in [1.29, 1.82) is 0 Å². The number of anilines is 3. The van der Waals surface area contributed by atoms with Crippen LogP contribution in [0.15, 0.2) is 30.3 Å². The van der Waals surface area contributed by atoms with Crippen LogP contribution in [0.4, 0.5) is 26.1 Å². The summed E-state index contributed by atoms with van der Waals surface area (Å²) in [6.45, 7) is -1.21. The van der Waals surface area contributed by atoms with Crippen molar-refractivity contribution in [1.82, 2.24) is 9.97 Å². The summed E-state index contributed by atoms with van der Waals surface area (Å²) in [7, 11) is 0. The molecular formula is C12H13F2N5O. The second-order valence-corrected chi connectivity index (χ2v) is 3.83. The summed E-state index contributed by atoms with van der Waals surface area (Å²) in [6.07, 6.45) is 0. The van der Waals surface area contributed by atoms with Crippen molar-refractivity contribution < 1.29 is 13.5 Å². The third-order valence-corrected chi connectivity index (χ3v) is 2.35. The molecule has 0 unspecified atom stereocenters. The Bertz CT molecular complexity index is 594. The lowest BCUT2D eigenvalue weighted by Crippen LogP contribution is -2.10. The van der Waals surface area contributed by atoms with Gasteiger partial charge < -0.3 is 15.5 Å². The number of rotatable bonds is 5. The summed E-state index contributed by atoms with van der Waals surface area (Å²) in [5.41, 5.74) is 2.77. The van der Waals surface area contributed by atoms with Crippen LogP contribution >= 0.6 is 0 Å². The monoisotopic (exact) mass is 281 g/mol. The third kappa shape index (κ3) is 3.51. The quantitative estimate of drug-likeness (QED) is 0.576. The molecule has 8 heteroatoms. The third-order valence-electron chi connectivity index (χ3n) is 2.35. The van der Waals surface area contributed by atoms with Crippen LogP contribution in [-0.2, 0) is 0 Å². The summed E-state index contributed by atoms with van der Waals surface area (Å²) in [6, 6.07) is 7.87. The van der Waals surface area contributed by atoms with Gasteiger partial charge in [0.15, 0.2) is 0 Å². The first kappa shape index (κ1) is 13.9. The smallest absolute Gasteiger partial charge is 0.387 e. The zero-order valence-electron chi connectivity index (χ0n) is 10.6. The lowest BCUT2D eigenvalue weighted by atomic mass is 10.3. The maximum atomic E-state index is 12.3. The van der Waals surface area contributed by atoms with Crippen molar-refractivity contribution in [3.05, 3.63) is 36.2 Å². The molecule has 0 aliphatic carbocycles. The van der Waals surface area contributed by atoms with E-state index in [-0.39, 0.29) is 5.75 Å². The largest absolute Gasteiger partial charge is 0.433 e. The first-order chi connectivity index (χ1) is 9.58. The zero-order chi connectivity index (χ0) is 14.5. The van der Waals surface area contributed by atoms with E-state index in [1.165, 1.54) is 6.07 Å². The van der Waals surface area contributed by atoms with Gasteiger partial charge in [0.2, 0.25) is 0 Å². The summed E-state index contributed by atoms with van der Waals surface area (Å²) < 4.78 is 29.1. The lowest BCUT2D eigenvalue weighted by Gasteiger charge is -2.12. The highest BCUT2D eigenvalue weighted by molar-refractivity contribution is 5.65. The van der Waals surface area contributed by atoms with Gasteiger partial charge in [-0.25, -0.2) is 15.8 Å². The Morgan fingerprint density at radius 2 is 1.90 bits per heavy atom. The molecule has 0 spiro atoms. The Morgan fingerprint density at radius 3 is 2.60 bits per heavy atom. The number of hydrazine groups is 1. The number of hydrogen-bond donors (Lipinski definition) is 3. The summed E-state index contributed by atoms with van der Waals surface area (Å²) >= 11 is 0. The molecule has 4 N–H and O–H groups in total. The van der Waals surface area contributed by atoms with Gasteiger partial charge in [-0.05, 0) is 19.1 Å². The van der Waals surface area contributed by atoms with Crippen LogP contribution in [0, 0.1) is 6.92 Å². The maximum absolute atomic E-state index is 12.3. The van der Waals surface area contributed by atoms with E-state index in [0.717, 1.165) is 0 Å². The van der Waals surface area contributed by atoms with Gasteiger partial charge in [0.05, 0.1) is 5.69 Å². The maximum Gasteiger partial charge on any atom is 0.387 e. The van der Waals surface area contributed by atoms with Gasteiger partial charge in [0.25, 0.3) is 0 Å². The molecule has 106 valence electrons. The number of halogens is 2. The van der Waals surface area contributed by atoms with Crippen molar-refractivity contribution in [3.8, 4) is 5.75 Å². The molecule has 0 saturated heterocycles. The van der Waals surface area contributed by atoms with E-state index >= 15 is 0 Å². The van der Waals surface area contributed by atoms with Crippen LogP contribution in [0.25, 0.3) is 0 Å². The molecule has 0 aliphatic rings. The minimum Gasteiger partial charge on any atom is -0.433 e. The molecule has 0 bridgehead atoms. The molecule has 20 heavy (non-hydrogen) atoms. The number of nitrogens with zero attached hydrogens (tertiary/aromatic N) is 2. The molecule has 2 aromatic rings. The molecule has 0 atom stereocenters. The summed E-state index contributed by atoms with van der Waals surface area (Å²) in [4.78, 5) is 8.16. The second-order valence-electron chi connectivity index (χ2n) is 3.83. The van der Waals surface area contributed by atoms with E-state index in [1.54, 1.807) is 31.2 Å². The normalized spacial score (nSPS) is 10.4. The molecule has 0 aliphatic heterocycles. The molecule has 0 radical (unpaired) electrons. The number of alkyl halides is 2. The Morgan fingerprint density at radius 1 is 1.20 bits per heavy atom. The highest BCUT2D eigenvalue weighted by atomic mass is 19.3. The fraction of sp³-hybridized carbons (Fsp3) is 0.167. The van der Waals surface area contributed by atoms with Gasteiger partial charge in [-0.1, -0.05) is 12.1 Å². The Labute approximate surface area is 114 Å². The number of ether oxygens (including phenoxy) is 1. The van der Waals surface area contributed by atoms with Gasteiger partial charge in [-0.15, -0.1) is 0 Å². The Hall–Kier alpha value is -2.48. The van der Waals surface area contributed by atoms with Crippen LogP contribution in [-0.4, -0.2) is 16.6 Å². The number of nitrogens with two attached hydrogens (primary N) is 1. The van der Waals surface area contributed by atoms with Gasteiger partial charge in [-0.2, -0.15) is 8.78 Å². The highest BCUT2D eigenvalue weighted by Gasteiger charge is 2.10. The zero-order valence-corrected chi connectivity index (χ0v) is 10.6. The number of hydrogen-bond acceptors (Lipinski definition) is 6. The standard InChI is InChI=1S/C12H13F2N5O/c1-7-16-10(6-11(17-7)19-15)18-8-4-2-3-5-9(8)20-12(13)14/h2-6,12H,15H2,1H3,(H2,16,17,18,19). The average Bonchev–Trinajstić information content (AvgIpc) is 2.39. The molecule has 6 nitrogen and oxygen atoms in total. The van der Waals surface area contributed by atoms with Crippen LogP contribution in [0.2, 0.25) is 0 Å². The van der Waals surface area contributed by atoms with Gasteiger partial charge in [-0.3, -0.25) is 0 Å². The van der Waals surface area contributed by atoms with Crippen molar-refractivity contribution in [3.63, 3.8) is 0 Å². The van der Waals surface area contributed by atoms with Crippen molar-refractivity contribution >= 4 is 17.3 Å². The predicted molar refractivity (Wildman–Crippen MR) is 70.9 cm³/mol. The fourth-order valence-corrected chi connectivity index (χ4v) is 1.61. The van der Waals surface area contributed by atoms with Gasteiger partial charge >= 0.3 is 6.61 Å². The fourth-order valence-electron chi connectivity index (χ4n) is 1.61. The van der Waals surface area contributed by atoms with Crippen LogP contribution < -0.4 is 21.3 Å². The molecule has 0 fully saturated rings. The molecular weight excluding hydrogens is 268 g/mol. The lowest BCUT2D eigenvalue weighted by molar-refractivity contribution is -0.0493. The number of aryl methyl sites for hydroxylation is 1. The minimum absolute atomic E-state index is 0.0287. The number of para-hydroxylation sites is 2. The van der Waals surface area contributed by atoms with E-state index in [4.69, 9.17) is 5.84 Å². The minimum atomic E-state index is -2.90. The van der Waals surface area contributed by atoms with E-state index < -0.39 is 6.61 Å². The molecule has 0 amide bonds. The topological polar surface area (TPSA) is 85.1 Å². The van der Waals surface area contributed by atoms with E-state index in [1.807, 2.05) is 0 Å². The van der Waals surface area contributed by atoms with E-state index in [9.17, 15) is 8.78 Å². The summed E-state index contributed by atoms with van der Waals surface area (Å²) in [5.74, 6) is 6.62. The van der Waals surface area contributed by atoms with Gasteiger partial charge in [0, 0.05) is 6.07 Å². The first-order valence-electron chi connectivity index (χ1n) is 5.71. The summed E-state index contributed by atoms with van der Waals surface area (Å²) in [5, 5.41) is 2.89. The van der Waals surface area contributed by atoms with Crippen molar-refractivity contribution in [2.45, 2.75) is 13.5 Å². The molecule has 1 aromatic heterocycles. The van der Waals surface area contributed by atoms with Crippen molar-refractivity contribution in [2.24, 2.45) is 5.84 Å². The molecule has 0 saturated carbocycles. The second kappa shape index (κ2) is 6.11. The number of nitrogens with one attached hydrogen (secondary N) is 2. The van der Waals surface area contributed by atoms with E-state index in [2.05, 4.69) is 25.4 Å². The van der Waals surface area contributed by atoms with E-state index in [0.29, 0.717) is 23.1 Å². The molecule has 1 aromatic carbocycles. The SMILES string of the molecule is Cc1nc(NN)cc(Nc2ccccc2OC(F)F)n1. The number of benzene rings is 1. The Kier molecular flexibility index (Phi) is 4.26. The van der Waals surface area contributed by atoms with Crippen LogP contribution in [0.3, 0.4) is 0 Å². The van der Waals surface area contributed by atoms with Crippen molar-refractivity contribution in [2.75, 3.05) is 10.7 Å². The average molecular weight is 281 g/mol. The Balaban J connectivity index is 2.27. The first-order valence-corrected chi connectivity index (χ1v) is 5.71. The van der Waals surface area contributed by atoms with Crippen LogP contribution in [0.5, 0.6) is 5.75 Å².